The Kier molecular flexibility index (Phi) is 10.9. The Labute approximate surface area is 250 Å². The van der Waals surface area contributed by atoms with E-state index < -0.39 is 49.9 Å². The number of methoxy groups -OCH3 is 1. The maximum atomic E-state index is 14.1. The van der Waals surface area contributed by atoms with Crippen LogP contribution in [0.5, 0.6) is 5.75 Å². The van der Waals surface area contributed by atoms with E-state index in [1.54, 1.807) is 6.92 Å². The van der Waals surface area contributed by atoms with Crippen LogP contribution in [0.1, 0.15) is 24.5 Å². The molecule has 0 radical (unpaired) electrons. The lowest BCUT2D eigenvalue weighted by atomic mass is 10.1. The Morgan fingerprint density at radius 1 is 1.10 bits per heavy atom. The van der Waals surface area contributed by atoms with Crippen molar-refractivity contribution in [1.82, 2.24) is 10.2 Å². The zero-order valence-corrected chi connectivity index (χ0v) is 25.3. The van der Waals surface area contributed by atoms with Crippen molar-refractivity contribution in [3.8, 4) is 5.75 Å². The Bertz CT molecular complexity index is 1550. The van der Waals surface area contributed by atoms with Crippen LogP contribution in [-0.2, 0) is 26.0 Å². The van der Waals surface area contributed by atoms with Crippen LogP contribution in [0.3, 0.4) is 0 Å². The fourth-order valence-electron chi connectivity index (χ4n) is 4.51. The summed E-state index contributed by atoms with van der Waals surface area (Å²) in [5, 5.41) is 14.3. The molecule has 0 aliphatic carbocycles. The molecule has 0 unspecified atom stereocenters. The first kappa shape index (κ1) is 32.4. The second-order valence-electron chi connectivity index (χ2n) is 9.39. The number of benzene rings is 3. The Morgan fingerprint density at radius 2 is 1.79 bits per heavy atom. The summed E-state index contributed by atoms with van der Waals surface area (Å²) in [6, 6.07) is 16.3. The van der Waals surface area contributed by atoms with Crippen LogP contribution in [0.15, 0.2) is 71.6 Å². The van der Waals surface area contributed by atoms with Gasteiger partial charge in [-0.25, -0.2) is 8.42 Å². The Morgan fingerprint density at radius 3 is 2.38 bits per heavy atom. The molecule has 2 amide bonds. The topological polar surface area (TPSA) is 139 Å². The summed E-state index contributed by atoms with van der Waals surface area (Å²) >= 11 is 6.24. The number of aryl methyl sites for hydroxylation is 1. The minimum atomic E-state index is -4.59. The van der Waals surface area contributed by atoms with Crippen molar-refractivity contribution < 1.29 is 27.7 Å². The number of hydrogen-bond acceptors (Lipinski definition) is 7. The van der Waals surface area contributed by atoms with Crippen LogP contribution in [0, 0.1) is 17.0 Å². The van der Waals surface area contributed by atoms with E-state index in [1.807, 2.05) is 30.3 Å². The second kappa shape index (κ2) is 14.1. The molecule has 0 aliphatic rings. The van der Waals surface area contributed by atoms with E-state index in [-0.39, 0.29) is 35.0 Å². The van der Waals surface area contributed by atoms with Crippen LogP contribution < -0.4 is 14.4 Å². The number of sulfonamides is 1. The van der Waals surface area contributed by atoms with E-state index in [0.29, 0.717) is 6.42 Å². The third-order valence-corrected chi connectivity index (χ3v) is 8.76. The van der Waals surface area contributed by atoms with Gasteiger partial charge in [0, 0.05) is 30.2 Å². The average Bonchev–Trinajstić information content (AvgIpc) is 2.97. The lowest BCUT2D eigenvalue weighted by molar-refractivity contribution is -0.385. The van der Waals surface area contributed by atoms with E-state index in [9.17, 15) is 28.1 Å². The van der Waals surface area contributed by atoms with Gasteiger partial charge in [-0.15, -0.1) is 0 Å². The van der Waals surface area contributed by atoms with E-state index in [0.717, 1.165) is 15.9 Å². The maximum absolute atomic E-state index is 14.1. The summed E-state index contributed by atoms with van der Waals surface area (Å²) in [6.07, 6.45) is 0.690. The van der Waals surface area contributed by atoms with Gasteiger partial charge in [0.1, 0.15) is 18.3 Å². The predicted octanol–water partition coefficient (Wildman–Crippen LogP) is 4.36. The van der Waals surface area contributed by atoms with Gasteiger partial charge in [0.05, 0.1) is 22.6 Å². The molecule has 1 atom stereocenters. The number of likely N-dealkylation sites (N-methyl/N-ethyl adjacent to an activating group) is 1. The number of carbonyl (C=O) groups excluding carboxylic acids is 2. The third-order valence-electron chi connectivity index (χ3n) is 6.77. The molecule has 0 fully saturated rings. The third kappa shape index (κ3) is 7.37. The van der Waals surface area contributed by atoms with Gasteiger partial charge in [0.15, 0.2) is 0 Å². The zero-order chi connectivity index (χ0) is 31.0. The quantitative estimate of drug-likeness (QED) is 0.222. The first-order chi connectivity index (χ1) is 19.9. The fourth-order valence-corrected chi connectivity index (χ4v) is 6.11. The number of ether oxygens (including phenoxy) is 1. The zero-order valence-electron chi connectivity index (χ0n) is 23.7. The number of nitrogens with one attached hydrogen (secondary N) is 1. The number of nitro groups is 1. The maximum Gasteiger partial charge on any atom is 0.273 e. The molecule has 0 heterocycles. The Balaban J connectivity index is 2.14. The van der Waals surface area contributed by atoms with Crippen molar-refractivity contribution in [3.63, 3.8) is 0 Å². The summed E-state index contributed by atoms with van der Waals surface area (Å²) in [6.45, 7) is 2.64. The van der Waals surface area contributed by atoms with Crippen LogP contribution in [0.25, 0.3) is 0 Å². The SMILES string of the molecule is CC[C@H](C(=O)NC)N(CCc1ccccc1)C(=O)CN(c1cc(Cl)ccc1OC)S(=O)(=O)c1ccc(C)c([N+](=O)[O-])c1. The molecule has 3 aromatic carbocycles. The molecule has 3 aromatic rings. The van der Waals surface area contributed by atoms with Gasteiger partial charge < -0.3 is 15.0 Å². The van der Waals surface area contributed by atoms with Crippen LogP contribution in [0.4, 0.5) is 11.4 Å². The molecular weight excluding hydrogens is 584 g/mol. The first-order valence-electron chi connectivity index (χ1n) is 13.1. The first-order valence-corrected chi connectivity index (χ1v) is 14.9. The lowest BCUT2D eigenvalue weighted by Gasteiger charge is -2.33. The van der Waals surface area contributed by atoms with Gasteiger partial charge in [0.25, 0.3) is 15.7 Å². The van der Waals surface area contributed by atoms with Crippen LogP contribution >= 0.6 is 11.6 Å². The number of carbonyl (C=O) groups is 2. The van der Waals surface area contributed by atoms with Gasteiger partial charge in [-0.1, -0.05) is 54.9 Å². The van der Waals surface area contributed by atoms with Crippen LogP contribution in [-0.4, -0.2) is 63.3 Å². The van der Waals surface area contributed by atoms with E-state index in [4.69, 9.17) is 16.3 Å². The predicted molar refractivity (Wildman–Crippen MR) is 160 cm³/mol. The highest BCUT2D eigenvalue weighted by Crippen LogP contribution is 2.36. The smallest absolute Gasteiger partial charge is 0.273 e. The van der Waals surface area contributed by atoms with Crippen molar-refractivity contribution in [2.75, 3.05) is 31.6 Å². The number of amides is 2. The summed E-state index contributed by atoms with van der Waals surface area (Å²) in [7, 11) is -1.79. The van der Waals surface area contributed by atoms with Crippen molar-refractivity contribution in [1.29, 1.82) is 0 Å². The molecule has 13 heteroatoms. The van der Waals surface area contributed by atoms with Gasteiger partial charge in [-0.2, -0.15) is 0 Å². The minimum Gasteiger partial charge on any atom is -0.495 e. The standard InChI is InChI=1S/C29H33ClN4O7S/c1-5-24(29(36)31-3)32(16-15-21-9-7-6-8-10-21)28(35)19-33(26-17-22(30)12-14-27(26)41-4)42(39,40)23-13-11-20(2)25(18-23)34(37)38/h6-14,17-18,24H,5,15-16,19H2,1-4H3,(H,31,36)/t24-/m1/s1. The molecule has 3 rings (SSSR count). The summed E-state index contributed by atoms with van der Waals surface area (Å²) in [4.78, 5) is 38.7. The molecule has 224 valence electrons. The molecule has 0 spiro atoms. The van der Waals surface area contributed by atoms with Gasteiger partial charge >= 0.3 is 0 Å². The molecule has 11 nitrogen and oxygen atoms in total. The summed E-state index contributed by atoms with van der Waals surface area (Å²) in [5.41, 5.74) is 0.758. The second-order valence-corrected chi connectivity index (χ2v) is 11.7. The monoisotopic (exact) mass is 616 g/mol. The van der Waals surface area contributed by atoms with Crippen molar-refractivity contribution in [3.05, 3.63) is 93.0 Å². The highest BCUT2D eigenvalue weighted by molar-refractivity contribution is 7.92. The highest BCUT2D eigenvalue weighted by atomic mass is 35.5. The molecule has 0 saturated carbocycles. The number of anilines is 1. The largest absolute Gasteiger partial charge is 0.495 e. The molecular formula is C29H33ClN4O7S. The van der Waals surface area contributed by atoms with Crippen molar-refractivity contribution in [2.24, 2.45) is 0 Å². The summed E-state index contributed by atoms with van der Waals surface area (Å²) in [5.74, 6) is -0.956. The summed E-state index contributed by atoms with van der Waals surface area (Å²) < 4.78 is 34.4. The number of nitro benzene ring substituents is 1. The van der Waals surface area contributed by atoms with Crippen molar-refractivity contribution >= 4 is 44.8 Å². The number of rotatable bonds is 13. The van der Waals surface area contributed by atoms with E-state index in [2.05, 4.69) is 5.32 Å². The van der Waals surface area contributed by atoms with Gasteiger partial charge in [-0.05, 0) is 49.6 Å². The van der Waals surface area contributed by atoms with E-state index >= 15 is 0 Å². The van der Waals surface area contributed by atoms with Crippen LogP contribution in [0.2, 0.25) is 5.02 Å². The molecule has 0 aromatic heterocycles. The molecule has 0 saturated heterocycles. The fraction of sp³-hybridized carbons (Fsp3) is 0.310. The molecule has 1 N–H and O–H groups in total. The Hall–Kier alpha value is -4.16. The highest BCUT2D eigenvalue weighted by Gasteiger charge is 2.35. The molecule has 42 heavy (non-hydrogen) atoms. The number of nitrogens with zero attached hydrogens (tertiary/aromatic N) is 3. The van der Waals surface area contributed by atoms with Gasteiger partial charge in [0.2, 0.25) is 11.8 Å². The molecule has 0 bridgehead atoms. The lowest BCUT2D eigenvalue weighted by Crippen LogP contribution is -2.52. The average molecular weight is 617 g/mol. The number of halogens is 1. The van der Waals surface area contributed by atoms with Crippen molar-refractivity contribution in [2.45, 2.75) is 37.6 Å². The van der Waals surface area contributed by atoms with Gasteiger partial charge in [-0.3, -0.25) is 24.0 Å². The minimum absolute atomic E-state index is 0.0439. The number of hydrogen-bond donors (Lipinski definition) is 1. The van der Waals surface area contributed by atoms with E-state index in [1.165, 1.54) is 56.3 Å². The normalized spacial score (nSPS) is 11.8. The molecule has 0 aliphatic heterocycles.